The lowest BCUT2D eigenvalue weighted by atomic mass is 10.0. The lowest BCUT2D eigenvalue weighted by Gasteiger charge is -2.25. The maximum absolute atomic E-state index is 12.9. The molecule has 0 aliphatic carbocycles. The molecule has 4 heteroatoms. The minimum atomic E-state index is -0.385. The first-order valence-electron chi connectivity index (χ1n) is 5.74. The Kier molecular flexibility index (Phi) is 5.37. The third kappa shape index (κ3) is 5.02. The van der Waals surface area contributed by atoms with Crippen LogP contribution in [0, 0.1) is 5.82 Å². The maximum atomic E-state index is 12.9. The van der Waals surface area contributed by atoms with E-state index in [2.05, 4.69) is 5.32 Å². The number of aliphatic hydroxyl groups excluding tert-OH is 1. The first-order valence-corrected chi connectivity index (χ1v) is 6.12. The van der Waals surface area contributed by atoms with Crippen molar-refractivity contribution in [2.45, 2.75) is 32.2 Å². The highest BCUT2D eigenvalue weighted by Crippen LogP contribution is 2.16. The molecule has 2 nitrogen and oxygen atoms in total. The van der Waals surface area contributed by atoms with Gasteiger partial charge in [0.25, 0.3) is 0 Å². The Balaban J connectivity index is 2.43. The number of rotatable bonds is 6. The monoisotopic (exact) mass is 259 g/mol. The lowest BCUT2D eigenvalue weighted by Crippen LogP contribution is -2.41. The van der Waals surface area contributed by atoms with E-state index in [0.29, 0.717) is 6.42 Å². The van der Waals surface area contributed by atoms with E-state index in [-0.39, 0.29) is 23.0 Å². The fourth-order valence-corrected chi connectivity index (χ4v) is 1.81. The first kappa shape index (κ1) is 14.4. The van der Waals surface area contributed by atoms with Gasteiger partial charge in [-0.15, -0.1) is 0 Å². The van der Waals surface area contributed by atoms with Crippen LogP contribution >= 0.6 is 11.6 Å². The summed E-state index contributed by atoms with van der Waals surface area (Å²) in [6.45, 7) is 5.03. The molecule has 0 unspecified atom stereocenters. The quantitative estimate of drug-likeness (QED) is 0.823. The van der Waals surface area contributed by atoms with Gasteiger partial charge >= 0.3 is 0 Å². The molecule has 0 saturated heterocycles. The Labute approximate surface area is 107 Å². The second-order valence-electron chi connectivity index (χ2n) is 4.78. The summed E-state index contributed by atoms with van der Waals surface area (Å²) in [6.07, 6.45) is 1.49. The zero-order valence-electron chi connectivity index (χ0n) is 10.3. The van der Waals surface area contributed by atoms with Crippen LogP contribution in [0.3, 0.4) is 0 Å². The lowest BCUT2D eigenvalue weighted by molar-refractivity contribution is 0.231. The second-order valence-corrected chi connectivity index (χ2v) is 5.19. The molecule has 0 radical (unpaired) electrons. The van der Waals surface area contributed by atoms with Gasteiger partial charge in [-0.2, -0.15) is 0 Å². The minimum Gasteiger partial charge on any atom is -0.396 e. The van der Waals surface area contributed by atoms with E-state index in [1.54, 1.807) is 12.1 Å². The van der Waals surface area contributed by atoms with Gasteiger partial charge in [0.2, 0.25) is 0 Å². The summed E-state index contributed by atoms with van der Waals surface area (Å²) in [5.74, 6) is -0.385. The van der Waals surface area contributed by atoms with Crippen LogP contribution in [0.4, 0.5) is 4.39 Å². The summed E-state index contributed by atoms with van der Waals surface area (Å²) in [4.78, 5) is 0. The third-order valence-corrected chi connectivity index (χ3v) is 3.03. The zero-order valence-corrected chi connectivity index (χ0v) is 11.0. The van der Waals surface area contributed by atoms with Crippen molar-refractivity contribution in [2.75, 3.05) is 13.2 Å². The molecule has 0 saturated carbocycles. The van der Waals surface area contributed by atoms with E-state index in [1.807, 2.05) is 13.8 Å². The number of nitrogens with one attached hydrogen (secondary N) is 1. The van der Waals surface area contributed by atoms with Gasteiger partial charge in [0.1, 0.15) is 5.82 Å². The highest BCUT2D eigenvalue weighted by molar-refractivity contribution is 6.30. The van der Waals surface area contributed by atoms with Crippen molar-refractivity contribution in [3.05, 3.63) is 34.6 Å². The molecule has 1 aromatic rings. The molecule has 0 amide bonds. The van der Waals surface area contributed by atoms with E-state index in [0.717, 1.165) is 18.5 Å². The van der Waals surface area contributed by atoms with Crippen molar-refractivity contribution in [1.82, 2.24) is 5.32 Å². The van der Waals surface area contributed by atoms with Gasteiger partial charge in [0.05, 0.1) is 5.02 Å². The molecule has 0 heterocycles. The molecule has 0 atom stereocenters. The molecule has 0 spiro atoms. The largest absolute Gasteiger partial charge is 0.396 e. The molecule has 0 fully saturated rings. The summed E-state index contributed by atoms with van der Waals surface area (Å²) in [6, 6.07) is 4.77. The van der Waals surface area contributed by atoms with Crippen LogP contribution < -0.4 is 5.32 Å². The molecule has 1 rings (SSSR count). The normalized spacial score (nSPS) is 11.8. The van der Waals surface area contributed by atoms with Crippen LogP contribution in [0.2, 0.25) is 5.02 Å². The van der Waals surface area contributed by atoms with Gasteiger partial charge in [0, 0.05) is 12.1 Å². The first-order chi connectivity index (χ1) is 7.94. The molecule has 2 N–H and O–H groups in total. The van der Waals surface area contributed by atoms with E-state index in [1.165, 1.54) is 6.07 Å². The molecule has 17 heavy (non-hydrogen) atoms. The van der Waals surface area contributed by atoms with E-state index >= 15 is 0 Å². The number of halogens is 2. The van der Waals surface area contributed by atoms with Crippen LogP contribution in [-0.2, 0) is 6.42 Å². The van der Waals surface area contributed by atoms with Crippen molar-refractivity contribution < 1.29 is 9.50 Å². The van der Waals surface area contributed by atoms with Crippen LogP contribution in [0.15, 0.2) is 18.2 Å². The maximum Gasteiger partial charge on any atom is 0.141 e. The van der Waals surface area contributed by atoms with Crippen LogP contribution in [0.25, 0.3) is 0 Å². The van der Waals surface area contributed by atoms with Crippen molar-refractivity contribution in [3.8, 4) is 0 Å². The fraction of sp³-hybridized carbons (Fsp3) is 0.538. The van der Waals surface area contributed by atoms with Gasteiger partial charge in [0.15, 0.2) is 0 Å². The van der Waals surface area contributed by atoms with Gasteiger partial charge in [-0.3, -0.25) is 0 Å². The zero-order chi connectivity index (χ0) is 12.9. The predicted octanol–water partition coefficient (Wildman–Crippen LogP) is 2.77. The molecular formula is C13H19ClFNO. The van der Waals surface area contributed by atoms with Crippen LogP contribution in [0.1, 0.15) is 25.8 Å². The molecule has 96 valence electrons. The summed E-state index contributed by atoms with van der Waals surface area (Å²) >= 11 is 5.70. The smallest absolute Gasteiger partial charge is 0.141 e. The van der Waals surface area contributed by atoms with Gasteiger partial charge < -0.3 is 10.4 Å². The Bertz CT molecular complexity index is 368. The molecule has 0 aliphatic rings. The highest BCUT2D eigenvalue weighted by atomic mass is 35.5. The second kappa shape index (κ2) is 6.34. The number of benzene rings is 1. The summed E-state index contributed by atoms with van der Waals surface area (Å²) < 4.78 is 12.9. The van der Waals surface area contributed by atoms with Gasteiger partial charge in [-0.05, 0) is 50.9 Å². The van der Waals surface area contributed by atoms with Crippen molar-refractivity contribution in [1.29, 1.82) is 0 Å². The SMILES string of the molecule is CC(C)(CCO)NCCc1ccc(F)c(Cl)c1. The number of aliphatic hydroxyl groups is 1. The standard InChI is InChI=1S/C13H19ClFNO/c1-13(2,6-8-17)16-7-5-10-3-4-12(15)11(14)9-10/h3-4,9,16-17H,5-8H2,1-2H3. The van der Waals surface area contributed by atoms with Gasteiger partial charge in [-0.25, -0.2) is 4.39 Å². The third-order valence-electron chi connectivity index (χ3n) is 2.74. The Morgan fingerprint density at radius 2 is 2.12 bits per heavy atom. The van der Waals surface area contributed by atoms with E-state index in [9.17, 15) is 4.39 Å². The van der Waals surface area contributed by atoms with Crippen molar-refractivity contribution in [2.24, 2.45) is 0 Å². The Morgan fingerprint density at radius 3 is 2.71 bits per heavy atom. The molecular weight excluding hydrogens is 241 g/mol. The number of hydrogen-bond acceptors (Lipinski definition) is 2. The Morgan fingerprint density at radius 1 is 1.41 bits per heavy atom. The summed E-state index contributed by atoms with van der Waals surface area (Å²) in [5.41, 5.74) is 0.919. The summed E-state index contributed by atoms with van der Waals surface area (Å²) in [5, 5.41) is 12.4. The highest BCUT2D eigenvalue weighted by Gasteiger charge is 2.15. The van der Waals surface area contributed by atoms with Crippen LogP contribution in [-0.4, -0.2) is 23.8 Å². The Hall–Kier alpha value is -0.640. The fourth-order valence-electron chi connectivity index (χ4n) is 1.61. The van der Waals surface area contributed by atoms with Gasteiger partial charge in [-0.1, -0.05) is 17.7 Å². The average molecular weight is 260 g/mol. The van der Waals surface area contributed by atoms with E-state index < -0.39 is 0 Å². The van der Waals surface area contributed by atoms with Crippen molar-refractivity contribution in [3.63, 3.8) is 0 Å². The summed E-state index contributed by atoms with van der Waals surface area (Å²) in [7, 11) is 0. The molecule has 0 aromatic heterocycles. The molecule has 0 aliphatic heterocycles. The number of hydrogen-bond donors (Lipinski definition) is 2. The predicted molar refractivity (Wildman–Crippen MR) is 68.9 cm³/mol. The van der Waals surface area contributed by atoms with Crippen LogP contribution in [0.5, 0.6) is 0 Å². The molecule has 1 aromatic carbocycles. The average Bonchev–Trinajstić information content (AvgIpc) is 2.23. The van der Waals surface area contributed by atoms with Crippen molar-refractivity contribution >= 4 is 11.6 Å². The molecule has 0 bridgehead atoms. The van der Waals surface area contributed by atoms with E-state index in [4.69, 9.17) is 16.7 Å². The topological polar surface area (TPSA) is 32.3 Å². The minimum absolute atomic E-state index is 0.0847.